The van der Waals surface area contributed by atoms with E-state index in [4.69, 9.17) is 33.5 Å². The standard InChI is InChI=1S/C13H8Cl2N2OS/c14-7-3-1-4-8(15)10(7)12-11(13(16)17-18-12)9-5-2-6-19-9/h1-6H,(H2,16,17). The molecule has 0 unspecified atom stereocenters. The first-order chi connectivity index (χ1) is 9.18. The van der Waals surface area contributed by atoms with Crippen LogP contribution in [0.4, 0.5) is 5.82 Å². The number of nitrogens with zero attached hydrogens (tertiary/aromatic N) is 1. The number of aromatic nitrogens is 1. The minimum absolute atomic E-state index is 0.327. The van der Waals surface area contributed by atoms with Crippen molar-refractivity contribution in [3.05, 3.63) is 45.8 Å². The highest BCUT2D eigenvalue weighted by Gasteiger charge is 2.22. The molecule has 0 bridgehead atoms. The highest BCUT2D eigenvalue weighted by atomic mass is 35.5. The second-order valence-electron chi connectivity index (χ2n) is 3.85. The van der Waals surface area contributed by atoms with E-state index < -0.39 is 0 Å². The van der Waals surface area contributed by atoms with E-state index in [1.54, 1.807) is 29.5 Å². The van der Waals surface area contributed by atoms with Gasteiger partial charge in [-0.05, 0) is 23.6 Å². The molecule has 0 aliphatic carbocycles. The van der Waals surface area contributed by atoms with Crippen LogP contribution in [-0.2, 0) is 0 Å². The Labute approximate surface area is 123 Å². The summed E-state index contributed by atoms with van der Waals surface area (Å²) in [6.07, 6.45) is 0. The second kappa shape index (κ2) is 4.89. The van der Waals surface area contributed by atoms with Gasteiger partial charge < -0.3 is 10.3 Å². The number of halogens is 2. The summed E-state index contributed by atoms with van der Waals surface area (Å²) in [5.41, 5.74) is 7.22. The largest absolute Gasteiger partial charge is 0.380 e. The Kier molecular flexibility index (Phi) is 3.22. The van der Waals surface area contributed by atoms with Gasteiger partial charge in [-0.15, -0.1) is 11.3 Å². The van der Waals surface area contributed by atoms with Crippen LogP contribution in [0.3, 0.4) is 0 Å². The molecular weight excluding hydrogens is 303 g/mol. The summed E-state index contributed by atoms with van der Waals surface area (Å²) in [5.74, 6) is 0.823. The lowest BCUT2D eigenvalue weighted by Gasteiger charge is -2.05. The lowest BCUT2D eigenvalue weighted by Crippen LogP contribution is -1.87. The van der Waals surface area contributed by atoms with E-state index >= 15 is 0 Å². The average molecular weight is 311 g/mol. The van der Waals surface area contributed by atoms with Gasteiger partial charge in [-0.3, -0.25) is 0 Å². The molecule has 2 N–H and O–H groups in total. The molecule has 0 aliphatic heterocycles. The molecule has 0 spiro atoms. The van der Waals surface area contributed by atoms with Gasteiger partial charge >= 0.3 is 0 Å². The summed E-state index contributed by atoms with van der Waals surface area (Å²) in [6, 6.07) is 9.16. The first-order valence-electron chi connectivity index (χ1n) is 5.42. The molecule has 19 heavy (non-hydrogen) atoms. The fourth-order valence-corrected chi connectivity index (χ4v) is 3.19. The van der Waals surface area contributed by atoms with Crippen LogP contribution in [0.25, 0.3) is 21.8 Å². The number of nitrogen functional groups attached to an aromatic ring is 1. The van der Waals surface area contributed by atoms with Crippen molar-refractivity contribution in [1.82, 2.24) is 5.16 Å². The number of nitrogens with two attached hydrogens (primary N) is 1. The zero-order valence-electron chi connectivity index (χ0n) is 9.56. The number of anilines is 1. The molecule has 96 valence electrons. The smallest absolute Gasteiger partial charge is 0.180 e. The zero-order valence-corrected chi connectivity index (χ0v) is 11.9. The predicted molar refractivity (Wildman–Crippen MR) is 79.7 cm³/mol. The van der Waals surface area contributed by atoms with Crippen molar-refractivity contribution in [1.29, 1.82) is 0 Å². The minimum Gasteiger partial charge on any atom is -0.380 e. The first kappa shape index (κ1) is 12.5. The molecule has 0 atom stereocenters. The zero-order chi connectivity index (χ0) is 13.4. The fourth-order valence-electron chi connectivity index (χ4n) is 1.85. The molecule has 1 aromatic carbocycles. The van der Waals surface area contributed by atoms with E-state index in [1.807, 2.05) is 17.5 Å². The molecule has 0 saturated carbocycles. The number of hydrogen-bond acceptors (Lipinski definition) is 4. The quantitative estimate of drug-likeness (QED) is 0.728. The first-order valence-corrected chi connectivity index (χ1v) is 7.05. The van der Waals surface area contributed by atoms with Gasteiger partial charge in [0.2, 0.25) is 0 Å². The van der Waals surface area contributed by atoms with E-state index in [9.17, 15) is 0 Å². The molecule has 3 nitrogen and oxygen atoms in total. The number of hydrogen-bond donors (Lipinski definition) is 1. The SMILES string of the molecule is Nc1noc(-c2c(Cl)cccc2Cl)c1-c1cccs1. The molecule has 3 rings (SSSR count). The fraction of sp³-hybridized carbons (Fsp3) is 0. The van der Waals surface area contributed by atoms with Gasteiger partial charge in [0.15, 0.2) is 11.6 Å². The summed E-state index contributed by atoms with van der Waals surface area (Å²) in [7, 11) is 0. The van der Waals surface area contributed by atoms with Crippen LogP contribution in [0.5, 0.6) is 0 Å². The van der Waals surface area contributed by atoms with Crippen molar-refractivity contribution < 1.29 is 4.52 Å². The maximum absolute atomic E-state index is 6.20. The summed E-state index contributed by atoms with van der Waals surface area (Å²) < 4.78 is 5.33. The summed E-state index contributed by atoms with van der Waals surface area (Å²) in [4.78, 5) is 0.963. The molecule has 0 fully saturated rings. The monoisotopic (exact) mass is 310 g/mol. The van der Waals surface area contributed by atoms with Crippen molar-refractivity contribution in [3.8, 4) is 21.8 Å². The molecule has 0 aliphatic rings. The molecule has 2 aromatic heterocycles. The van der Waals surface area contributed by atoms with Gasteiger partial charge in [0.25, 0.3) is 0 Å². The maximum atomic E-state index is 6.20. The van der Waals surface area contributed by atoms with Crippen molar-refractivity contribution in [2.24, 2.45) is 0 Å². The Balaban J connectivity index is 2.28. The highest BCUT2D eigenvalue weighted by molar-refractivity contribution is 7.13. The van der Waals surface area contributed by atoms with Gasteiger partial charge in [-0.25, -0.2) is 0 Å². The average Bonchev–Trinajstić information content (AvgIpc) is 2.99. The van der Waals surface area contributed by atoms with Crippen LogP contribution in [-0.4, -0.2) is 5.16 Å². The summed E-state index contributed by atoms with van der Waals surface area (Å²) >= 11 is 13.9. The topological polar surface area (TPSA) is 52.0 Å². The number of rotatable bonds is 2. The minimum atomic E-state index is 0.327. The normalized spacial score (nSPS) is 10.8. The maximum Gasteiger partial charge on any atom is 0.180 e. The molecule has 0 radical (unpaired) electrons. The lowest BCUT2D eigenvalue weighted by atomic mass is 10.1. The second-order valence-corrected chi connectivity index (χ2v) is 5.61. The number of thiophene rings is 1. The Morgan fingerprint density at radius 2 is 1.79 bits per heavy atom. The van der Waals surface area contributed by atoms with E-state index in [0.717, 1.165) is 10.4 Å². The Morgan fingerprint density at radius 1 is 1.05 bits per heavy atom. The molecule has 6 heteroatoms. The Bertz CT molecular complexity index is 702. The van der Waals surface area contributed by atoms with Crippen LogP contribution in [0.2, 0.25) is 10.0 Å². The van der Waals surface area contributed by atoms with E-state index in [0.29, 0.717) is 27.2 Å². The Morgan fingerprint density at radius 3 is 2.42 bits per heavy atom. The van der Waals surface area contributed by atoms with E-state index in [-0.39, 0.29) is 0 Å². The summed E-state index contributed by atoms with van der Waals surface area (Å²) in [5, 5.41) is 6.78. The predicted octanol–water partition coefficient (Wildman–Crippen LogP) is 4.96. The highest BCUT2D eigenvalue weighted by Crippen LogP contribution is 2.43. The third-order valence-corrected chi connectivity index (χ3v) is 4.19. The van der Waals surface area contributed by atoms with Gasteiger partial charge in [0.05, 0.1) is 21.2 Å². The van der Waals surface area contributed by atoms with Gasteiger partial charge in [-0.1, -0.05) is 40.5 Å². The molecule has 0 saturated heterocycles. The molecular formula is C13H8Cl2N2OS. The van der Waals surface area contributed by atoms with Gasteiger partial charge in [0.1, 0.15) is 0 Å². The Hall–Kier alpha value is -1.49. The van der Waals surface area contributed by atoms with Crippen LogP contribution in [0, 0.1) is 0 Å². The number of benzene rings is 1. The molecule has 3 aromatic rings. The van der Waals surface area contributed by atoms with Crippen LogP contribution in [0.15, 0.2) is 40.2 Å². The lowest BCUT2D eigenvalue weighted by molar-refractivity contribution is 0.436. The van der Waals surface area contributed by atoms with E-state index in [1.165, 1.54) is 0 Å². The third kappa shape index (κ3) is 2.12. The van der Waals surface area contributed by atoms with Crippen molar-refractivity contribution in [3.63, 3.8) is 0 Å². The third-order valence-electron chi connectivity index (χ3n) is 2.68. The van der Waals surface area contributed by atoms with Crippen LogP contribution in [0.1, 0.15) is 0 Å². The van der Waals surface area contributed by atoms with Crippen LogP contribution < -0.4 is 5.73 Å². The van der Waals surface area contributed by atoms with Gasteiger partial charge in [-0.2, -0.15) is 0 Å². The van der Waals surface area contributed by atoms with Crippen molar-refractivity contribution >= 4 is 40.4 Å². The van der Waals surface area contributed by atoms with Crippen molar-refractivity contribution in [2.45, 2.75) is 0 Å². The summed E-state index contributed by atoms with van der Waals surface area (Å²) in [6.45, 7) is 0. The van der Waals surface area contributed by atoms with Gasteiger partial charge in [0, 0.05) is 4.88 Å². The molecule has 0 amide bonds. The van der Waals surface area contributed by atoms with Crippen molar-refractivity contribution in [2.75, 3.05) is 5.73 Å². The van der Waals surface area contributed by atoms with E-state index in [2.05, 4.69) is 5.16 Å². The van der Waals surface area contributed by atoms with Crippen LogP contribution >= 0.6 is 34.5 Å². The molecule has 2 heterocycles.